The smallest absolute Gasteiger partial charge is 0.0613 e. The van der Waals surface area contributed by atoms with E-state index in [2.05, 4.69) is 26.0 Å². The van der Waals surface area contributed by atoms with Gasteiger partial charge in [0.2, 0.25) is 0 Å². The average molecular weight is 257 g/mol. The Hall–Kier alpha value is -1.46. The van der Waals surface area contributed by atoms with E-state index in [1.807, 2.05) is 38.1 Å². The van der Waals surface area contributed by atoms with Crippen molar-refractivity contribution in [2.24, 2.45) is 0 Å². The van der Waals surface area contributed by atoms with Gasteiger partial charge in [-0.15, -0.1) is 0 Å². The van der Waals surface area contributed by atoms with E-state index in [0.717, 1.165) is 21.7 Å². The predicted molar refractivity (Wildman–Crippen MR) is 78.7 cm³/mol. The second kappa shape index (κ2) is 5.04. The van der Waals surface area contributed by atoms with E-state index in [-0.39, 0.29) is 0 Å². The first kappa shape index (κ1) is 13.0. The van der Waals surface area contributed by atoms with E-state index in [0.29, 0.717) is 0 Å². The fourth-order valence-electron chi connectivity index (χ4n) is 2.04. The van der Waals surface area contributed by atoms with Gasteiger partial charge in [0.15, 0.2) is 10.6 Å². The topological polar surface area (TPSA) is 17.1 Å². The van der Waals surface area contributed by atoms with Gasteiger partial charge < -0.3 is 0 Å². The molecule has 0 N–H and O–H groups in total. The molecule has 0 amide bonds. The molecule has 0 aliphatic rings. The molecular weight excluding hydrogens is 239 g/mol. The SMILES string of the molecule is Cc1cccc([P+](=O)c2cccc(C)c2C)c1C. The summed E-state index contributed by atoms with van der Waals surface area (Å²) in [5.74, 6) is 0. The van der Waals surface area contributed by atoms with E-state index < -0.39 is 7.80 Å². The van der Waals surface area contributed by atoms with Crippen molar-refractivity contribution in [3.05, 3.63) is 58.7 Å². The zero-order valence-electron chi connectivity index (χ0n) is 11.3. The third-order valence-electron chi connectivity index (χ3n) is 3.59. The van der Waals surface area contributed by atoms with Crippen LogP contribution in [0.4, 0.5) is 0 Å². The van der Waals surface area contributed by atoms with Crippen LogP contribution in [0.2, 0.25) is 0 Å². The molecule has 0 saturated carbocycles. The molecule has 0 aliphatic carbocycles. The van der Waals surface area contributed by atoms with Crippen LogP contribution in [-0.4, -0.2) is 0 Å². The highest BCUT2D eigenvalue weighted by Crippen LogP contribution is 2.25. The van der Waals surface area contributed by atoms with Gasteiger partial charge >= 0.3 is 7.80 Å². The van der Waals surface area contributed by atoms with Gasteiger partial charge in [-0.05, 0) is 51.0 Å². The van der Waals surface area contributed by atoms with Gasteiger partial charge in [-0.3, -0.25) is 0 Å². The Morgan fingerprint density at radius 1 is 0.722 bits per heavy atom. The predicted octanol–water partition coefficient (Wildman–Crippen LogP) is 3.70. The quantitative estimate of drug-likeness (QED) is 0.750. The summed E-state index contributed by atoms with van der Waals surface area (Å²) in [5, 5.41) is 1.91. The van der Waals surface area contributed by atoms with Gasteiger partial charge in [-0.2, -0.15) is 0 Å². The summed E-state index contributed by atoms with van der Waals surface area (Å²) in [4.78, 5) is 0. The molecule has 2 heteroatoms. The van der Waals surface area contributed by atoms with Crippen LogP contribution >= 0.6 is 7.80 Å². The van der Waals surface area contributed by atoms with Crippen molar-refractivity contribution in [3.8, 4) is 0 Å². The van der Waals surface area contributed by atoms with Crippen LogP contribution in [0.15, 0.2) is 36.4 Å². The van der Waals surface area contributed by atoms with Crippen molar-refractivity contribution >= 4 is 18.4 Å². The Morgan fingerprint density at radius 3 is 1.50 bits per heavy atom. The van der Waals surface area contributed by atoms with Crippen molar-refractivity contribution in [3.63, 3.8) is 0 Å². The lowest BCUT2D eigenvalue weighted by Gasteiger charge is -2.02. The van der Waals surface area contributed by atoms with E-state index in [4.69, 9.17) is 0 Å². The minimum Gasteiger partial charge on any atom is -0.0613 e. The summed E-state index contributed by atoms with van der Waals surface area (Å²) in [6, 6.07) is 12.0. The molecule has 0 fully saturated rings. The summed E-state index contributed by atoms with van der Waals surface area (Å²) in [6.07, 6.45) is 0. The third-order valence-corrected chi connectivity index (χ3v) is 5.43. The summed E-state index contributed by atoms with van der Waals surface area (Å²) < 4.78 is 12.7. The lowest BCUT2D eigenvalue weighted by molar-refractivity contribution is 0.598. The molecule has 0 saturated heterocycles. The minimum atomic E-state index is -1.49. The summed E-state index contributed by atoms with van der Waals surface area (Å²) >= 11 is 0. The normalized spacial score (nSPS) is 10.4. The molecule has 0 atom stereocenters. The zero-order chi connectivity index (χ0) is 13.3. The van der Waals surface area contributed by atoms with Crippen molar-refractivity contribution in [2.45, 2.75) is 27.7 Å². The number of hydrogen-bond donors (Lipinski definition) is 0. The van der Waals surface area contributed by atoms with Crippen LogP contribution < -0.4 is 10.6 Å². The Kier molecular flexibility index (Phi) is 3.63. The second-order valence-electron chi connectivity index (χ2n) is 4.73. The molecule has 2 aromatic rings. The number of rotatable bonds is 2. The molecule has 0 unspecified atom stereocenters. The molecule has 92 valence electrons. The molecule has 2 rings (SSSR count). The van der Waals surface area contributed by atoms with Crippen LogP contribution in [0, 0.1) is 27.7 Å². The molecule has 2 aromatic carbocycles. The van der Waals surface area contributed by atoms with Crippen molar-refractivity contribution in [1.29, 1.82) is 0 Å². The standard InChI is InChI=1S/C16H18OP/c1-11-7-5-9-15(13(11)3)18(17)16-10-6-8-12(2)14(16)4/h5-10H,1-4H3/q+1. The molecule has 18 heavy (non-hydrogen) atoms. The summed E-state index contributed by atoms with van der Waals surface area (Å²) in [5.41, 5.74) is 4.67. The molecule has 0 heterocycles. The molecule has 0 aliphatic heterocycles. The highest BCUT2D eigenvalue weighted by atomic mass is 31.1. The minimum absolute atomic E-state index is 0.957. The molecule has 0 aromatic heterocycles. The molecule has 0 bridgehead atoms. The van der Waals surface area contributed by atoms with Gasteiger partial charge in [0, 0.05) is 11.1 Å². The maximum atomic E-state index is 12.7. The van der Waals surface area contributed by atoms with Crippen molar-refractivity contribution in [2.75, 3.05) is 0 Å². The van der Waals surface area contributed by atoms with E-state index in [9.17, 15) is 4.57 Å². The van der Waals surface area contributed by atoms with Crippen LogP contribution in [0.3, 0.4) is 0 Å². The van der Waals surface area contributed by atoms with Crippen LogP contribution in [-0.2, 0) is 4.57 Å². The number of benzene rings is 2. The fraction of sp³-hybridized carbons (Fsp3) is 0.250. The first-order chi connectivity index (χ1) is 8.52. The Bertz CT molecular complexity index is 561. The van der Waals surface area contributed by atoms with Gasteiger partial charge in [0.1, 0.15) is 0 Å². The monoisotopic (exact) mass is 257 g/mol. The van der Waals surface area contributed by atoms with Gasteiger partial charge in [-0.1, -0.05) is 28.8 Å². The largest absolute Gasteiger partial charge is 0.415 e. The molecule has 0 radical (unpaired) electrons. The van der Waals surface area contributed by atoms with Crippen molar-refractivity contribution < 1.29 is 4.57 Å². The Balaban J connectivity index is 2.55. The lowest BCUT2D eigenvalue weighted by atomic mass is 10.1. The maximum absolute atomic E-state index is 12.7. The highest BCUT2D eigenvalue weighted by molar-refractivity contribution is 7.61. The zero-order valence-corrected chi connectivity index (χ0v) is 12.2. The van der Waals surface area contributed by atoms with Crippen molar-refractivity contribution in [1.82, 2.24) is 0 Å². The molecular formula is C16H18OP+. The van der Waals surface area contributed by atoms with Gasteiger partial charge in [0.05, 0.1) is 0 Å². The number of aryl methyl sites for hydroxylation is 2. The van der Waals surface area contributed by atoms with Gasteiger partial charge in [-0.25, -0.2) is 0 Å². The van der Waals surface area contributed by atoms with E-state index in [1.165, 1.54) is 11.1 Å². The maximum Gasteiger partial charge on any atom is 0.415 e. The second-order valence-corrected chi connectivity index (χ2v) is 6.28. The van der Waals surface area contributed by atoms with Gasteiger partial charge in [0.25, 0.3) is 0 Å². The fourth-order valence-corrected chi connectivity index (χ4v) is 3.71. The van der Waals surface area contributed by atoms with Crippen LogP contribution in [0.5, 0.6) is 0 Å². The first-order valence-corrected chi connectivity index (χ1v) is 7.38. The van der Waals surface area contributed by atoms with E-state index >= 15 is 0 Å². The summed E-state index contributed by atoms with van der Waals surface area (Å²) in [6.45, 7) is 8.21. The van der Waals surface area contributed by atoms with Crippen LogP contribution in [0.1, 0.15) is 22.3 Å². The van der Waals surface area contributed by atoms with Crippen LogP contribution in [0.25, 0.3) is 0 Å². The Labute approximate surface area is 110 Å². The lowest BCUT2D eigenvalue weighted by Crippen LogP contribution is -2.13. The average Bonchev–Trinajstić information content (AvgIpc) is 2.35. The number of hydrogen-bond acceptors (Lipinski definition) is 1. The molecule has 1 nitrogen and oxygen atoms in total. The molecule has 0 spiro atoms. The first-order valence-electron chi connectivity index (χ1n) is 6.12. The highest BCUT2D eigenvalue weighted by Gasteiger charge is 2.28. The summed E-state index contributed by atoms with van der Waals surface area (Å²) in [7, 11) is -1.49. The third kappa shape index (κ3) is 2.23. The van der Waals surface area contributed by atoms with E-state index in [1.54, 1.807) is 0 Å². The Morgan fingerprint density at radius 2 is 1.11 bits per heavy atom.